The molecule has 3 aliphatic rings. The molecule has 1 atom stereocenters. The second-order valence-corrected chi connectivity index (χ2v) is 8.05. The summed E-state index contributed by atoms with van der Waals surface area (Å²) in [6.07, 6.45) is 3.87. The summed E-state index contributed by atoms with van der Waals surface area (Å²) in [5.74, 6) is -0.771. The van der Waals surface area contributed by atoms with Crippen LogP contribution in [0.4, 0.5) is 14.9 Å². The Morgan fingerprint density at radius 3 is 2.68 bits per heavy atom. The summed E-state index contributed by atoms with van der Waals surface area (Å²) < 4.78 is 14.9. The number of nitrogens with one attached hydrogen (secondary N) is 2. The first kappa shape index (κ1) is 17.2. The zero-order chi connectivity index (χ0) is 19.3. The van der Waals surface area contributed by atoms with Gasteiger partial charge in [-0.3, -0.25) is 4.79 Å². The second kappa shape index (κ2) is 6.33. The molecule has 0 radical (unpaired) electrons. The van der Waals surface area contributed by atoms with Gasteiger partial charge in [0.1, 0.15) is 0 Å². The van der Waals surface area contributed by atoms with Gasteiger partial charge in [-0.25, -0.2) is 9.18 Å². The number of nitrogens with zero attached hydrogens (tertiary/aromatic N) is 1. The topological polar surface area (TPSA) is 61.4 Å². The Labute approximate surface area is 162 Å². The van der Waals surface area contributed by atoms with Crippen LogP contribution in [0.15, 0.2) is 42.5 Å². The van der Waals surface area contributed by atoms with Gasteiger partial charge < -0.3 is 15.5 Å². The average molecular weight is 379 g/mol. The van der Waals surface area contributed by atoms with E-state index < -0.39 is 5.82 Å². The predicted molar refractivity (Wildman–Crippen MR) is 104 cm³/mol. The smallest absolute Gasteiger partial charge is 0.322 e. The summed E-state index contributed by atoms with van der Waals surface area (Å²) >= 11 is 0. The van der Waals surface area contributed by atoms with E-state index in [0.29, 0.717) is 30.6 Å². The molecule has 28 heavy (non-hydrogen) atoms. The summed E-state index contributed by atoms with van der Waals surface area (Å²) in [4.78, 5) is 26.6. The Balaban J connectivity index is 1.39. The Bertz CT molecular complexity index is 956. The monoisotopic (exact) mass is 379 g/mol. The van der Waals surface area contributed by atoms with Crippen molar-refractivity contribution in [2.45, 2.75) is 31.7 Å². The number of urea groups is 1. The standard InChI is InChI=1S/C22H22FN3O2/c23-18-15-9-12-24-20(27)16(15)7-8-17(18)25-21(28)26-13-22(10-4-11-22)19(26)14-5-2-1-3-6-14/h1-3,5-8,19H,4,9-13H2,(H,24,27)(H,25,28). The highest BCUT2D eigenvalue weighted by Gasteiger charge is 2.58. The van der Waals surface area contributed by atoms with Gasteiger partial charge in [-0.1, -0.05) is 36.8 Å². The number of hydrogen-bond acceptors (Lipinski definition) is 2. The number of rotatable bonds is 2. The van der Waals surface area contributed by atoms with Gasteiger partial charge in [0.2, 0.25) is 0 Å². The molecule has 1 saturated heterocycles. The molecule has 6 heteroatoms. The lowest BCUT2D eigenvalue weighted by Gasteiger charge is -2.62. The summed E-state index contributed by atoms with van der Waals surface area (Å²) in [5, 5.41) is 5.45. The number of carbonyl (C=O) groups is 2. The van der Waals surface area contributed by atoms with Crippen LogP contribution in [-0.2, 0) is 6.42 Å². The third-order valence-corrected chi connectivity index (χ3v) is 6.49. The zero-order valence-electron chi connectivity index (χ0n) is 15.5. The fraction of sp³-hybridized carbons (Fsp3) is 0.364. The molecule has 144 valence electrons. The van der Waals surface area contributed by atoms with Crippen molar-refractivity contribution < 1.29 is 14.0 Å². The first-order valence-corrected chi connectivity index (χ1v) is 9.81. The van der Waals surface area contributed by atoms with E-state index in [1.807, 2.05) is 18.2 Å². The third-order valence-electron chi connectivity index (χ3n) is 6.49. The molecule has 0 aromatic heterocycles. The van der Waals surface area contributed by atoms with Gasteiger partial charge in [0.25, 0.3) is 5.91 Å². The quantitative estimate of drug-likeness (QED) is 0.832. The number of likely N-dealkylation sites (tertiary alicyclic amines) is 1. The molecule has 0 bridgehead atoms. The van der Waals surface area contributed by atoms with E-state index in [1.165, 1.54) is 12.5 Å². The number of benzene rings is 2. The SMILES string of the molecule is O=C1NCCc2c1ccc(NC(=O)N1CC3(CCC3)C1c1ccccc1)c2F. The molecular formula is C22H22FN3O2. The molecule has 2 aromatic carbocycles. The third kappa shape index (κ3) is 2.51. The maximum atomic E-state index is 14.9. The highest BCUT2D eigenvalue weighted by molar-refractivity contribution is 5.98. The van der Waals surface area contributed by atoms with Crippen molar-refractivity contribution in [1.29, 1.82) is 0 Å². The van der Waals surface area contributed by atoms with Crippen LogP contribution in [-0.4, -0.2) is 29.9 Å². The highest BCUT2D eigenvalue weighted by Crippen LogP contribution is 2.60. The van der Waals surface area contributed by atoms with Crippen LogP contribution in [0.2, 0.25) is 0 Å². The minimum atomic E-state index is -0.504. The summed E-state index contributed by atoms with van der Waals surface area (Å²) in [7, 11) is 0. The predicted octanol–water partition coefficient (Wildman–Crippen LogP) is 3.87. The molecule has 5 nitrogen and oxygen atoms in total. The van der Waals surface area contributed by atoms with E-state index in [0.717, 1.165) is 18.4 Å². The molecule has 2 aromatic rings. The Morgan fingerprint density at radius 2 is 1.96 bits per heavy atom. The molecule has 2 aliphatic heterocycles. The van der Waals surface area contributed by atoms with Gasteiger partial charge in [-0.15, -0.1) is 0 Å². The van der Waals surface area contributed by atoms with Gasteiger partial charge in [0.05, 0.1) is 11.7 Å². The van der Waals surface area contributed by atoms with Gasteiger partial charge in [-0.2, -0.15) is 0 Å². The minimum Gasteiger partial charge on any atom is -0.352 e. The molecule has 3 amide bonds. The van der Waals surface area contributed by atoms with Crippen LogP contribution >= 0.6 is 0 Å². The Hall–Kier alpha value is -2.89. The lowest BCUT2D eigenvalue weighted by Crippen LogP contribution is -2.64. The first-order chi connectivity index (χ1) is 13.6. The molecular weight excluding hydrogens is 357 g/mol. The van der Waals surface area contributed by atoms with E-state index >= 15 is 0 Å². The van der Waals surface area contributed by atoms with Crippen molar-refractivity contribution in [1.82, 2.24) is 10.2 Å². The van der Waals surface area contributed by atoms with Crippen molar-refractivity contribution in [3.8, 4) is 0 Å². The van der Waals surface area contributed by atoms with Crippen LogP contribution in [0.1, 0.15) is 46.8 Å². The van der Waals surface area contributed by atoms with Crippen LogP contribution < -0.4 is 10.6 Å². The van der Waals surface area contributed by atoms with E-state index in [2.05, 4.69) is 22.8 Å². The number of amides is 3. The van der Waals surface area contributed by atoms with Gasteiger partial charge in [0, 0.05) is 29.6 Å². The van der Waals surface area contributed by atoms with Crippen molar-refractivity contribution in [3.05, 3.63) is 65.0 Å². The van der Waals surface area contributed by atoms with E-state index in [4.69, 9.17) is 0 Å². The molecule has 2 heterocycles. The number of halogens is 1. The number of hydrogen-bond donors (Lipinski definition) is 2. The molecule has 2 N–H and O–H groups in total. The van der Waals surface area contributed by atoms with E-state index in [9.17, 15) is 14.0 Å². The van der Waals surface area contributed by atoms with Gasteiger partial charge in [-0.05, 0) is 37.0 Å². The molecule has 1 spiro atoms. The Kier molecular flexibility index (Phi) is 3.89. The fourth-order valence-electron chi connectivity index (χ4n) is 4.91. The van der Waals surface area contributed by atoms with Crippen LogP contribution in [0.25, 0.3) is 0 Å². The highest BCUT2D eigenvalue weighted by atomic mass is 19.1. The molecule has 2 fully saturated rings. The second-order valence-electron chi connectivity index (χ2n) is 8.05. The van der Waals surface area contributed by atoms with Crippen molar-refractivity contribution in [2.24, 2.45) is 5.41 Å². The van der Waals surface area contributed by atoms with Crippen LogP contribution in [0.3, 0.4) is 0 Å². The van der Waals surface area contributed by atoms with Gasteiger partial charge >= 0.3 is 6.03 Å². The average Bonchev–Trinajstić information content (AvgIpc) is 2.63. The summed E-state index contributed by atoms with van der Waals surface area (Å²) in [5.41, 5.74) is 2.16. The lowest BCUT2D eigenvalue weighted by molar-refractivity contribution is -0.0970. The minimum absolute atomic E-state index is 0.0360. The zero-order valence-corrected chi connectivity index (χ0v) is 15.5. The Morgan fingerprint density at radius 1 is 1.18 bits per heavy atom. The maximum absolute atomic E-state index is 14.9. The maximum Gasteiger partial charge on any atom is 0.322 e. The summed E-state index contributed by atoms with van der Waals surface area (Å²) in [6.45, 7) is 1.11. The molecule has 5 rings (SSSR count). The van der Waals surface area contributed by atoms with Gasteiger partial charge in [0.15, 0.2) is 5.82 Å². The largest absolute Gasteiger partial charge is 0.352 e. The van der Waals surface area contributed by atoms with Crippen LogP contribution in [0.5, 0.6) is 0 Å². The van der Waals surface area contributed by atoms with E-state index in [1.54, 1.807) is 11.0 Å². The van der Waals surface area contributed by atoms with Crippen LogP contribution in [0, 0.1) is 11.2 Å². The van der Waals surface area contributed by atoms with Crippen molar-refractivity contribution in [3.63, 3.8) is 0 Å². The normalized spacial score (nSPS) is 22.0. The first-order valence-electron chi connectivity index (χ1n) is 9.81. The van der Waals surface area contributed by atoms with E-state index in [-0.39, 0.29) is 29.1 Å². The van der Waals surface area contributed by atoms with Crippen molar-refractivity contribution >= 4 is 17.6 Å². The molecule has 1 aliphatic carbocycles. The number of carbonyl (C=O) groups excluding carboxylic acids is 2. The molecule has 1 unspecified atom stereocenters. The fourth-order valence-corrected chi connectivity index (χ4v) is 4.91. The number of fused-ring (bicyclic) bond motifs is 1. The lowest BCUT2D eigenvalue weighted by atomic mass is 9.56. The summed E-state index contributed by atoms with van der Waals surface area (Å²) in [6, 6.07) is 12.9. The number of anilines is 1. The van der Waals surface area contributed by atoms with Crippen molar-refractivity contribution in [2.75, 3.05) is 18.4 Å². The molecule has 1 saturated carbocycles.